The van der Waals surface area contributed by atoms with Crippen molar-refractivity contribution in [2.45, 2.75) is 70.6 Å². The van der Waals surface area contributed by atoms with Gasteiger partial charge < -0.3 is 0 Å². The van der Waals surface area contributed by atoms with Crippen molar-refractivity contribution in [2.24, 2.45) is 23.7 Å². The van der Waals surface area contributed by atoms with Crippen molar-refractivity contribution in [3.63, 3.8) is 0 Å². The van der Waals surface area contributed by atoms with Crippen LogP contribution >= 0.6 is 0 Å². The molecule has 5 aliphatic carbocycles. The molecule has 3 aromatic carbocycles. The van der Waals surface area contributed by atoms with Gasteiger partial charge in [-0.3, -0.25) is 0 Å². The molecule has 0 atom stereocenters. The van der Waals surface area contributed by atoms with Gasteiger partial charge in [0.25, 0.3) is 0 Å². The van der Waals surface area contributed by atoms with Crippen molar-refractivity contribution in [3.05, 3.63) is 83.9 Å². The van der Waals surface area contributed by atoms with E-state index in [4.69, 9.17) is 0 Å². The Labute approximate surface area is 189 Å². The summed E-state index contributed by atoms with van der Waals surface area (Å²) in [5.41, 5.74) is 3.18. The van der Waals surface area contributed by atoms with Crippen LogP contribution in [0.3, 0.4) is 0 Å². The Morgan fingerprint density at radius 3 is 1.06 bits per heavy atom. The van der Waals surface area contributed by atoms with E-state index in [1.165, 1.54) is 66.5 Å². The van der Waals surface area contributed by atoms with Gasteiger partial charge in [0.15, 0.2) is 0 Å². The van der Waals surface area contributed by atoms with Gasteiger partial charge in [0, 0.05) is 0 Å². The molecule has 0 aromatic heterocycles. The van der Waals surface area contributed by atoms with E-state index in [9.17, 15) is 0 Å². The average molecular weight is 411 g/mol. The molecule has 31 heavy (non-hydrogen) atoms. The van der Waals surface area contributed by atoms with Gasteiger partial charge in [-0.1, -0.05) is 79.2 Å². The monoisotopic (exact) mass is 410 g/mol. The smallest absolute Gasteiger partial charge is 0.0184 e. The first kappa shape index (κ1) is 20.8. The van der Waals surface area contributed by atoms with Crippen LogP contribution in [0, 0.1) is 23.7 Å². The number of hydrogen-bond donors (Lipinski definition) is 0. The highest BCUT2D eigenvalue weighted by molar-refractivity contribution is 5.82. The van der Waals surface area contributed by atoms with Gasteiger partial charge in [0.1, 0.15) is 0 Å². The number of benzene rings is 3. The molecular formula is C31H38. The third-order valence-electron chi connectivity index (χ3n) is 8.17. The third-order valence-corrected chi connectivity index (χ3v) is 8.17. The lowest BCUT2D eigenvalue weighted by Crippen LogP contribution is -2.38. The molecule has 5 aliphatic rings. The molecule has 0 heteroatoms. The molecule has 0 unspecified atom stereocenters. The van der Waals surface area contributed by atoms with E-state index in [0.717, 1.165) is 0 Å². The quantitative estimate of drug-likeness (QED) is 0.325. The molecule has 0 radical (unpaired) electrons. The fourth-order valence-electron chi connectivity index (χ4n) is 6.97. The Hall–Kier alpha value is -2.08. The Kier molecular flexibility index (Phi) is 6.73. The predicted molar refractivity (Wildman–Crippen MR) is 133 cm³/mol. The summed E-state index contributed by atoms with van der Waals surface area (Å²) in [7, 11) is 0. The third kappa shape index (κ3) is 5.40. The molecule has 4 fully saturated rings. The van der Waals surface area contributed by atoms with Crippen molar-refractivity contribution in [3.8, 4) is 0 Å². The molecule has 8 rings (SSSR count). The number of hydrogen-bond acceptors (Lipinski definition) is 0. The second-order valence-electron chi connectivity index (χ2n) is 10.6. The summed E-state index contributed by atoms with van der Waals surface area (Å²) >= 11 is 0. The molecule has 0 aliphatic heterocycles. The van der Waals surface area contributed by atoms with Crippen molar-refractivity contribution < 1.29 is 0 Å². The highest BCUT2D eigenvalue weighted by Crippen LogP contribution is 2.53. The molecule has 0 N–H and O–H groups in total. The van der Waals surface area contributed by atoms with Crippen LogP contribution in [-0.4, -0.2) is 0 Å². The van der Waals surface area contributed by atoms with Gasteiger partial charge in [0.05, 0.1) is 0 Å². The van der Waals surface area contributed by atoms with Crippen LogP contribution in [0.15, 0.2) is 72.8 Å². The molecule has 4 bridgehead atoms. The summed E-state index contributed by atoms with van der Waals surface area (Å²) in [6.07, 6.45) is 16.4. The Morgan fingerprint density at radius 2 is 0.710 bits per heavy atom. The minimum absolute atomic E-state index is 1.18. The zero-order valence-corrected chi connectivity index (χ0v) is 19.0. The normalized spacial score (nSPS) is 27.9. The first-order chi connectivity index (χ1) is 15.3. The van der Waals surface area contributed by atoms with E-state index < -0.39 is 0 Å². The van der Waals surface area contributed by atoms with Crippen molar-refractivity contribution in [2.75, 3.05) is 0 Å². The van der Waals surface area contributed by atoms with E-state index in [-0.39, 0.29) is 0 Å². The predicted octanol–water partition coefficient (Wildman–Crippen LogP) is 8.63. The maximum absolute atomic E-state index is 2.28. The zero-order valence-electron chi connectivity index (χ0n) is 19.0. The van der Waals surface area contributed by atoms with Crippen molar-refractivity contribution >= 4 is 10.8 Å². The lowest BCUT2D eigenvalue weighted by Gasteiger charge is -2.49. The lowest BCUT2D eigenvalue weighted by atomic mass is 9.56. The van der Waals surface area contributed by atoms with Crippen LogP contribution in [0.2, 0.25) is 0 Å². The van der Waals surface area contributed by atoms with Crippen LogP contribution in [-0.2, 0) is 12.8 Å². The number of rotatable bonds is 0. The molecule has 0 amide bonds. The van der Waals surface area contributed by atoms with Crippen LogP contribution in [0.4, 0.5) is 0 Å². The largest absolute Gasteiger partial charge is 0.0620 e. The number of fused-ring (bicyclic) bond motifs is 2. The fourth-order valence-corrected chi connectivity index (χ4v) is 6.97. The summed E-state index contributed by atoms with van der Waals surface area (Å²) in [6, 6.07) is 25.6. The first-order valence-corrected chi connectivity index (χ1v) is 12.8. The van der Waals surface area contributed by atoms with E-state index in [0.29, 0.717) is 0 Å². The topological polar surface area (TPSA) is 0 Å². The Morgan fingerprint density at radius 1 is 0.387 bits per heavy atom. The summed E-state index contributed by atoms with van der Waals surface area (Å²) in [5, 5.41) is 2.62. The fraction of sp³-hybridized carbons (Fsp3) is 0.484. The lowest BCUT2D eigenvalue weighted by molar-refractivity contribution is 0.0198. The van der Waals surface area contributed by atoms with E-state index >= 15 is 0 Å². The average Bonchev–Trinajstić information content (AvgIpc) is 3.05. The van der Waals surface area contributed by atoms with Gasteiger partial charge in [0.2, 0.25) is 0 Å². The summed E-state index contributed by atoms with van der Waals surface area (Å²) in [4.78, 5) is 0. The molecular weight excluding hydrogens is 372 g/mol. The van der Waals surface area contributed by atoms with Crippen LogP contribution in [0.5, 0.6) is 0 Å². The Bertz CT molecular complexity index is 821. The second kappa shape index (κ2) is 10.0. The number of aryl methyl sites for hydroxylation is 2. The highest BCUT2D eigenvalue weighted by Gasteiger charge is 2.41. The first-order valence-electron chi connectivity index (χ1n) is 12.8. The van der Waals surface area contributed by atoms with E-state index in [1.54, 1.807) is 49.7 Å². The molecule has 0 heterocycles. The molecule has 0 nitrogen and oxygen atoms in total. The van der Waals surface area contributed by atoms with Crippen LogP contribution in [0.1, 0.15) is 68.9 Å². The van der Waals surface area contributed by atoms with Gasteiger partial charge in [-0.25, -0.2) is 0 Å². The second-order valence-corrected chi connectivity index (χ2v) is 10.6. The summed E-state index contributed by atoms with van der Waals surface area (Å²) in [6.45, 7) is 0. The SMILES string of the molecule is C1C2CC3CC1CC(C2)C3.c1ccc2c(c1)CCCCC2.c1ccc2ccccc2c1. The minimum Gasteiger partial charge on any atom is -0.0620 e. The zero-order chi connectivity index (χ0) is 20.9. The Balaban J connectivity index is 0.0000000989. The van der Waals surface area contributed by atoms with Gasteiger partial charge in [-0.05, 0) is 110 Å². The molecule has 0 spiro atoms. The summed E-state index contributed by atoms with van der Waals surface area (Å²) in [5.74, 6) is 4.71. The van der Waals surface area contributed by atoms with Gasteiger partial charge in [-0.2, -0.15) is 0 Å². The van der Waals surface area contributed by atoms with Crippen LogP contribution < -0.4 is 0 Å². The van der Waals surface area contributed by atoms with E-state index in [2.05, 4.69) is 72.8 Å². The van der Waals surface area contributed by atoms with Crippen molar-refractivity contribution in [1.82, 2.24) is 0 Å². The van der Waals surface area contributed by atoms with Gasteiger partial charge >= 0.3 is 0 Å². The maximum Gasteiger partial charge on any atom is -0.0184 e. The molecule has 4 saturated carbocycles. The summed E-state index contributed by atoms with van der Waals surface area (Å²) < 4.78 is 0. The molecule has 0 saturated heterocycles. The standard InChI is InChI=1S/C11H14.C10H16.C10H8/c1-2-6-10-8-4-5-9-11(10)7-3-1;1-7-2-9-4-8(1)5-10(3-7)6-9;1-2-6-10-8-4-3-7-9(10)5-1/h4-5,8-9H,1-3,6-7H2;7-10H,1-6H2;1-8H. The maximum atomic E-state index is 2.28. The molecule has 162 valence electrons. The highest BCUT2D eigenvalue weighted by atomic mass is 14.5. The molecule has 3 aromatic rings. The van der Waals surface area contributed by atoms with E-state index in [1.807, 2.05) is 0 Å². The minimum atomic E-state index is 1.18. The van der Waals surface area contributed by atoms with Crippen LogP contribution in [0.25, 0.3) is 10.8 Å². The van der Waals surface area contributed by atoms with Gasteiger partial charge in [-0.15, -0.1) is 0 Å². The van der Waals surface area contributed by atoms with Crippen molar-refractivity contribution in [1.29, 1.82) is 0 Å².